The van der Waals surface area contributed by atoms with Gasteiger partial charge in [-0.3, -0.25) is 19.4 Å². The fourth-order valence-corrected chi connectivity index (χ4v) is 3.63. The van der Waals surface area contributed by atoms with E-state index in [0.717, 1.165) is 17.3 Å². The highest BCUT2D eigenvalue weighted by Crippen LogP contribution is 2.26. The lowest BCUT2D eigenvalue weighted by atomic mass is 10.1. The number of nitrogens with one attached hydrogen (secondary N) is 3. The molecule has 3 N–H and O–H groups in total. The molecule has 0 fully saturated rings. The van der Waals surface area contributed by atoms with E-state index in [2.05, 4.69) is 25.8 Å². The number of carbonyl (C=O) groups excluding carboxylic acids is 2. The summed E-state index contributed by atoms with van der Waals surface area (Å²) in [6.07, 6.45) is 0.307. The number of thioether (sulfide) groups is 1. The zero-order valence-electron chi connectivity index (χ0n) is 18.8. The predicted molar refractivity (Wildman–Crippen MR) is 129 cm³/mol. The number of benzene rings is 2. The van der Waals surface area contributed by atoms with Crippen LogP contribution in [0.15, 0.2) is 52.4 Å². The molecule has 0 aliphatic heterocycles. The van der Waals surface area contributed by atoms with Gasteiger partial charge in [0.15, 0.2) is 10.9 Å². The topological polar surface area (TPSA) is 126 Å². The molecule has 0 aliphatic carbocycles. The second-order valence-electron chi connectivity index (χ2n) is 7.24. The van der Waals surface area contributed by atoms with Gasteiger partial charge in [0.25, 0.3) is 5.56 Å². The van der Waals surface area contributed by atoms with Crippen molar-refractivity contribution in [2.45, 2.75) is 37.6 Å². The van der Waals surface area contributed by atoms with Crippen LogP contribution in [0.2, 0.25) is 0 Å². The van der Waals surface area contributed by atoms with Crippen LogP contribution in [0.5, 0.6) is 5.75 Å². The lowest BCUT2D eigenvalue weighted by molar-refractivity contribution is -0.116. The Labute approximate surface area is 195 Å². The number of hydrogen-bond acceptors (Lipinski definition) is 7. The Morgan fingerprint density at radius 1 is 1.12 bits per heavy atom. The molecule has 9 nitrogen and oxygen atoms in total. The Bertz CT molecular complexity index is 1210. The fourth-order valence-electron chi connectivity index (χ4n) is 2.89. The minimum absolute atomic E-state index is 0.0878. The van der Waals surface area contributed by atoms with E-state index in [0.29, 0.717) is 29.1 Å². The standard InChI is InChI=1S/C23H25N5O4S/c1-5-19(29)25-18-11-6-13(2)12-17(18)20-22(31)26-23(28-27-20)33-14(3)21(30)24-15-7-9-16(32-4)10-8-15/h6-12,14H,5H2,1-4H3,(H,24,30)(H,25,29)(H,26,28,31). The number of ether oxygens (including phenoxy) is 1. The van der Waals surface area contributed by atoms with E-state index < -0.39 is 10.8 Å². The molecule has 0 spiro atoms. The second-order valence-corrected chi connectivity index (χ2v) is 8.57. The highest BCUT2D eigenvalue weighted by Gasteiger charge is 2.19. The van der Waals surface area contributed by atoms with E-state index >= 15 is 0 Å². The number of H-pyrrole nitrogens is 1. The monoisotopic (exact) mass is 467 g/mol. The number of aryl methyl sites for hydroxylation is 1. The molecule has 33 heavy (non-hydrogen) atoms. The van der Waals surface area contributed by atoms with Crippen molar-refractivity contribution in [1.29, 1.82) is 0 Å². The summed E-state index contributed by atoms with van der Waals surface area (Å²) < 4.78 is 5.11. The van der Waals surface area contributed by atoms with Gasteiger partial charge in [-0.25, -0.2) is 0 Å². The van der Waals surface area contributed by atoms with Crippen LogP contribution in [0.4, 0.5) is 11.4 Å². The van der Waals surface area contributed by atoms with Crippen molar-refractivity contribution in [3.8, 4) is 17.0 Å². The van der Waals surface area contributed by atoms with Gasteiger partial charge in [-0.1, -0.05) is 30.3 Å². The van der Waals surface area contributed by atoms with Crippen LogP contribution in [0, 0.1) is 6.92 Å². The number of aromatic amines is 1. The highest BCUT2D eigenvalue weighted by molar-refractivity contribution is 8.00. The molecule has 172 valence electrons. The Balaban J connectivity index is 1.75. The fraction of sp³-hybridized carbons (Fsp3) is 0.261. The van der Waals surface area contributed by atoms with Gasteiger partial charge in [0, 0.05) is 17.7 Å². The average Bonchev–Trinajstić information content (AvgIpc) is 2.80. The molecule has 0 saturated heterocycles. The third kappa shape index (κ3) is 6.19. The zero-order valence-corrected chi connectivity index (χ0v) is 19.6. The van der Waals surface area contributed by atoms with Crippen molar-refractivity contribution in [2.24, 2.45) is 0 Å². The number of hydrogen-bond donors (Lipinski definition) is 3. The molecule has 3 rings (SSSR count). The number of carbonyl (C=O) groups is 2. The lowest BCUT2D eigenvalue weighted by Gasteiger charge is -2.12. The van der Waals surface area contributed by atoms with Crippen LogP contribution < -0.4 is 20.9 Å². The smallest absolute Gasteiger partial charge is 0.278 e. The molecular formula is C23H25N5O4S. The summed E-state index contributed by atoms with van der Waals surface area (Å²) in [5.41, 5.74) is 2.12. The third-order valence-corrected chi connectivity index (χ3v) is 5.69. The van der Waals surface area contributed by atoms with Crippen molar-refractivity contribution < 1.29 is 14.3 Å². The first-order chi connectivity index (χ1) is 15.8. The maximum atomic E-state index is 12.8. The van der Waals surface area contributed by atoms with Crippen LogP contribution in [0.1, 0.15) is 25.8 Å². The van der Waals surface area contributed by atoms with Crippen LogP contribution >= 0.6 is 11.8 Å². The number of aromatic nitrogens is 3. The zero-order chi connectivity index (χ0) is 24.0. The van der Waals surface area contributed by atoms with Crippen LogP contribution in [0.25, 0.3) is 11.3 Å². The molecule has 2 aromatic carbocycles. The van der Waals surface area contributed by atoms with Gasteiger partial charge in [0.2, 0.25) is 11.8 Å². The highest BCUT2D eigenvalue weighted by atomic mass is 32.2. The van der Waals surface area contributed by atoms with Crippen LogP contribution in [0.3, 0.4) is 0 Å². The predicted octanol–water partition coefficient (Wildman–Crippen LogP) is 3.62. The summed E-state index contributed by atoms with van der Waals surface area (Å²) in [6, 6.07) is 12.3. The minimum atomic E-state index is -0.540. The molecule has 1 heterocycles. The molecule has 0 radical (unpaired) electrons. The van der Waals surface area contributed by atoms with Gasteiger partial charge < -0.3 is 15.4 Å². The summed E-state index contributed by atoms with van der Waals surface area (Å²) in [6.45, 7) is 5.33. The van der Waals surface area contributed by atoms with E-state index in [1.165, 1.54) is 0 Å². The average molecular weight is 468 g/mol. The normalized spacial score (nSPS) is 11.5. The number of rotatable bonds is 8. The molecule has 1 unspecified atom stereocenters. The van der Waals surface area contributed by atoms with E-state index in [1.807, 2.05) is 13.0 Å². The molecule has 2 amide bonds. The third-order valence-electron chi connectivity index (χ3n) is 4.72. The van der Waals surface area contributed by atoms with Gasteiger partial charge in [0.1, 0.15) is 5.75 Å². The molecule has 1 aromatic heterocycles. The second kappa shape index (κ2) is 10.8. The molecular weight excluding hydrogens is 442 g/mol. The van der Waals surface area contributed by atoms with Crippen molar-refractivity contribution in [2.75, 3.05) is 17.7 Å². The Hall–Kier alpha value is -3.66. The first-order valence-electron chi connectivity index (χ1n) is 10.3. The minimum Gasteiger partial charge on any atom is -0.497 e. The maximum Gasteiger partial charge on any atom is 0.278 e. The van der Waals surface area contributed by atoms with E-state index in [9.17, 15) is 14.4 Å². The number of anilines is 2. The largest absolute Gasteiger partial charge is 0.497 e. The number of nitrogens with zero attached hydrogens (tertiary/aromatic N) is 2. The Morgan fingerprint density at radius 3 is 2.48 bits per heavy atom. The quantitative estimate of drug-likeness (QED) is 0.432. The van der Waals surface area contributed by atoms with E-state index in [1.54, 1.807) is 57.4 Å². The van der Waals surface area contributed by atoms with Crippen molar-refractivity contribution in [1.82, 2.24) is 15.2 Å². The number of methoxy groups -OCH3 is 1. The summed E-state index contributed by atoms with van der Waals surface area (Å²) in [4.78, 5) is 39.8. The van der Waals surface area contributed by atoms with Gasteiger partial charge in [0.05, 0.1) is 18.0 Å². The van der Waals surface area contributed by atoms with E-state index in [4.69, 9.17) is 4.74 Å². The number of amides is 2. The molecule has 0 saturated carbocycles. The molecule has 10 heteroatoms. The lowest BCUT2D eigenvalue weighted by Crippen LogP contribution is -2.23. The van der Waals surface area contributed by atoms with Gasteiger partial charge in [-0.05, 0) is 50.2 Å². The summed E-state index contributed by atoms with van der Waals surface area (Å²) in [5, 5.41) is 13.4. The summed E-state index contributed by atoms with van der Waals surface area (Å²) in [5.74, 6) is 0.267. The van der Waals surface area contributed by atoms with Crippen molar-refractivity contribution in [3.05, 3.63) is 58.4 Å². The van der Waals surface area contributed by atoms with Crippen LogP contribution in [-0.4, -0.2) is 39.4 Å². The van der Waals surface area contributed by atoms with Gasteiger partial charge in [-0.2, -0.15) is 0 Å². The molecule has 0 bridgehead atoms. The SMILES string of the molecule is CCC(=O)Nc1ccc(C)cc1-c1nnc(SC(C)C(=O)Nc2ccc(OC)cc2)[nH]c1=O. The summed E-state index contributed by atoms with van der Waals surface area (Å²) in [7, 11) is 1.57. The molecule has 3 aromatic rings. The molecule has 1 atom stereocenters. The summed E-state index contributed by atoms with van der Waals surface area (Å²) >= 11 is 1.08. The first kappa shape index (κ1) is 24.0. The Kier molecular flexibility index (Phi) is 7.83. The van der Waals surface area contributed by atoms with Gasteiger partial charge in [-0.15, -0.1) is 10.2 Å². The van der Waals surface area contributed by atoms with Crippen molar-refractivity contribution >= 4 is 35.0 Å². The van der Waals surface area contributed by atoms with E-state index in [-0.39, 0.29) is 22.7 Å². The Morgan fingerprint density at radius 2 is 1.85 bits per heavy atom. The first-order valence-corrected chi connectivity index (χ1v) is 11.2. The molecule has 0 aliphatic rings. The van der Waals surface area contributed by atoms with Crippen LogP contribution in [-0.2, 0) is 9.59 Å². The maximum absolute atomic E-state index is 12.8. The van der Waals surface area contributed by atoms with Gasteiger partial charge >= 0.3 is 0 Å². The van der Waals surface area contributed by atoms with Crippen molar-refractivity contribution in [3.63, 3.8) is 0 Å².